The van der Waals surface area contributed by atoms with Crippen LogP contribution in [0, 0.1) is 5.41 Å². The van der Waals surface area contributed by atoms with Crippen LogP contribution < -0.4 is 20.1 Å². The zero-order valence-electron chi connectivity index (χ0n) is 17.0. The van der Waals surface area contributed by atoms with E-state index in [0.29, 0.717) is 38.8 Å². The number of ether oxygens (including phenoxy) is 2. The molecule has 1 aliphatic carbocycles. The van der Waals surface area contributed by atoms with E-state index in [-0.39, 0.29) is 11.8 Å². The molecule has 0 atom stereocenters. The first-order chi connectivity index (χ1) is 14.1. The molecular formula is C23H28N2O4. The number of amides is 2. The van der Waals surface area contributed by atoms with Gasteiger partial charge in [0.2, 0.25) is 11.8 Å². The standard InChI is InChI=1S/C23H28N2O4/c1-28-19-9-7-17(8-10-19)11-15-24-21(26)23(13-14-23)22(27)25-16-12-18-5-3-4-6-20(18)29-2/h3-10H,11-16H2,1-2H3,(H,24,26)(H,25,27). The maximum absolute atomic E-state index is 12.6. The summed E-state index contributed by atoms with van der Waals surface area (Å²) in [7, 11) is 3.26. The van der Waals surface area contributed by atoms with Gasteiger partial charge < -0.3 is 20.1 Å². The van der Waals surface area contributed by atoms with E-state index in [9.17, 15) is 9.59 Å². The number of carbonyl (C=O) groups is 2. The normalized spacial score (nSPS) is 14.0. The fourth-order valence-corrected chi connectivity index (χ4v) is 3.35. The Hall–Kier alpha value is -3.02. The summed E-state index contributed by atoms with van der Waals surface area (Å²) in [6.07, 6.45) is 2.57. The van der Waals surface area contributed by atoms with Crippen LogP contribution in [-0.4, -0.2) is 39.1 Å². The molecule has 0 radical (unpaired) electrons. The molecule has 2 aromatic rings. The number of benzene rings is 2. The Balaban J connectivity index is 1.44. The van der Waals surface area contributed by atoms with Crippen LogP contribution in [0.4, 0.5) is 0 Å². The highest BCUT2D eigenvalue weighted by Crippen LogP contribution is 2.46. The zero-order valence-corrected chi connectivity index (χ0v) is 17.0. The Kier molecular flexibility index (Phi) is 6.75. The van der Waals surface area contributed by atoms with E-state index in [0.717, 1.165) is 22.6 Å². The number of rotatable bonds is 10. The second-order valence-corrected chi connectivity index (χ2v) is 7.25. The van der Waals surface area contributed by atoms with Crippen molar-refractivity contribution in [2.24, 2.45) is 5.41 Å². The lowest BCUT2D eigenvalue weighted by Crippen LogP contribution is -2.44. The van der Waals surface area contributed by atoms with Gasteiger partial charge in [0, 0.05) is 13.1 Å². The van der Waals surface area contributed by atoms with Crippen molar-refractivity contribution in [3.63, 3.8) is 0 Å². The topological polar surface area (TPSA) is 76.7 Å². The number of nitrogens with one attached hydrogen (secondary N) is 2. The minimum atomic E-state index is -0.902. The van der Waals surface area contributed by atoms with Gasteiger partial charge in [-0.05, 0) is 55.0 Å². The minimum absolute atomic E-state index is 0.180. The molecule has 0 aromatic heterocycles. The van der Waals surface area contributed by atoms with Crippen LogP contribution >= 0.6 is 0 Å². The maximum atomic E-state index is 12.6. The number of hydrogen-bond acceptors (Lipinski definition) is 4. The van der Waals surface area contributed by atoms with Gasteiger partial charge in [0.1, 0.15) is 16.9 Å². The molecule has 0 bridgehead atoms. The molecule has 0 heterocycles. The molecule has 29 heavy (non-hydrogen) atoms. The molecule has 1 saturated carbocycles. The summed E-state index contributed by atoms with van der Waals surface area (Å²) in [6.45, 7) is 0.974. The van der Waals surface area contributed by atoms with Crippen molar-refractivity contribution >= 4 is 11.8 Å². The average Bonchev–Trinajstić information content (AvgIpc) is 3.56. The summed E-state index contributed by atoms with van der Waals surface area (Å²) in [4.78, 5) is 25.2. The van der Waals surface area contributed by atoms with Gasteiger partial charge in [0.05, 0.1) is 14.2 Å². The van der Waals surface area contributed by atoms with E-state index in [1.165, 1.54) is 0 Å². The lowest BCUT2D eigenvalue weighted by molar-refractivity contribution is -0.137. The quantitative estimate of drug-likeness (QED) is 0.605. The maximum Gasteiger partial charge on any atom is 0.235 e. The Labute approximate surface area is 171 Å². The second kappa shape index (κ2) is 9.45. The lowest BCUT2D eigenvalue weighted by atomic mass is 10.0. The van der Waals surface area contributed by atoms with Gasteiger partial charge in [-0.1, -0.05) is 30.3 Å². The van der Waals surface area contributed by atoms with Crippen LogP contribution in [0.5, 0.6) is 11.5 Å². The van der Waals surface area contributed by atoms with E-state index >= 15 is 0 Å². The Bertz CT molecular complexity index is 844. The lowest BCUT2D eigenvalue weighted by Gasteiger charge is -2.16. The van der Waals surface area contributed by atoms with E-state index in [1.807, 2.05) is 48.5 Å². The van der Waals surface area contributed by atoms with Crippen molar-refractivity contribution in [3.8, 4) is 11.5 Å². The predicted octanol–water partition coefficient (Wildman–Crippen LogP) is 2.50. The fraction of sp³-hybridized carbons (Fsp3) is 0.391. The van der Waals surface area contributed by atoms with Gasteiger partial charge in [0.25, 0.3) is 0 Å². The van der Waals surface area contributed by atoms with Crippen molar-refractivity contribution in [1.29, 1.82) is 0 Å². The Morgan fingerprint density at radius 2 is 1.48 bits per heavy atom. The summed E-state index contributed by atoms with van der Waals surface area (Å²) in [5.41, 5.74) is 1.24. The largest absolute Gasteiger partial charge is 0.497 e. The van der Waals surface area contributed by atoms with E-state index in [2.05, 4.69) is 10.6 Å². The van der Waals surface area contributed by atoms with Crippen molar-refractivity contribution in [2.45, 2.75) is 25.7 Å². The number of hydrogen-bond donors (Lipinski definition) is 2. The Morgan fingerprint density at radius 3 is 2.07 bits per heavy atom. The summed E-state index contributed by atoms with van der Waals surface area (Å²) in [6, 6.07) is 15.5. The summed E-state index contributed by atoms with van der Waals surface area (Å²) in [5.74, 6) is 1.24. The molecular weight excluding hydrogens is 368 g/mol. The van der Waals surface area contributed by atoms with Gasteiger partial charge in [0.15, 0.2) is 0 Å². The predicted molar refractivity (Wildman–Crippen MR) is 111 cm³/mol. The van der Waals surface area contributed by atoms with Crippen LogP contribution in [0.1, 0.15) is 24.0 Å². The Morgan fingerprint density at radius 1 is 0.862 bits per heavy atom. The third kappa shape index (κ3) is 5.08. The summed E-state index contributed by atoms with van der Waals surface area (Å²) in [5, 5.41) is 5.84. The molecule has 6 heteroatoms. The van der Waals surface area contributed by atoms with Crippen LogP contribution in [0.15, 0.2) is 48.5 Å². The van der Waals surface area contributed by atoms with Crippen LogP contribution in [0.3, 0.4) is 0 Å². The van der Waals surface area contributed by atoms with Gasteiger partial charge >= 0.3 is 0 Å². The molecule has 2 amide bonds. The minimum Gasteiger partial charge on any atom is -0.497 e. The molecule has 154 valence electrons. The van der Waals surface area contributed by atoms with E-state index in [1.54, 1.807) is 14.2 Å². The van der Waals surface area contributed by atoms with Crippen molar-refractivity contribution in [1.82, 2.24) is 10.6 Å². The van der Waals surface area contributed by atoms with E-state index in [4.69, 9.17) is 9.47 Å². The zero-order chi connectivity index (χ0) is 20.7. The SMILES string of the molecule is COc1ccc(CCNC(=O)C2(C(=O)NCCc3ccccc3OC)CC2)cc1. The summed E-state index contributed by atoms with van der Waals surface area (Å²) >= 11 is 0. The first kappa shape index (κ1) is 20.7. The average molecular weight is 396 g/mol. The molecule has 0 unspecified atom stereocenters. The second-order valence-electron chi connectivity index (χ2n) is 7.25. The highest BCUT2D eigenvalue weighted by Gasteiger charge is 2.56. The first-order valence-electron chi connectivity index (χ1n) is 9.90. The molecule has 0 spiro atoms. The first-order valence-corrected chi connectivity index (χ1v) is 9.90. The number of methoxy groups -OCH3 is 2. The molecule has 6 nitrogen and oxygen atoms in total. The van der Waals surface area contributed by atoms with E-state index < -0.39 is 5.41 Å². The van der Waals surface area contributed by atoms with Crippen LogP contribution in [0.2, 0.25) is 0 Å². The number of carbonyl (C=O) groups excluding carboxylic acids is 2. The highest BCUT2D eigenvalue weighted by atomic mass is 16.5. The van der Waals surface area contributed by atoms with Crippen LogP contribution in [0.25, 0.3) is 0 Å². The third-order valence-corrected chi connectivity index (χ3v) is 5.35. The molecule has 0 aliphatic heterocycles. The summed E-state index contributed by atoms with van der Waals surface area (Å²) < 4.78 is 10.5. The van der Waals surface area contributed by atoms with Gasteiger partial charge in [-0.25, -0.2) is 0 Å². The van der Waals surface area contributed by atoms with Gasteiger partial charge in [-0.3, -0.25) is 9.59 Å². The highest BCUT2D eigenvalue weighted by molar-refractivity contribution is 6.07. The monoisotopic (exact) mass is 396 g/mol. The smallest absolute Gasteiger partial charge is 0.235 e. The third-order valence-electron chi connectivity index (χ3n) is 5.35. The molecule has 3 rings (SSSR count). The molecule has 0 saturated heterocycles. The van der Waals surface area contributed by atoms with Crippen LogP contribution in [-0.2, 0) is 22.4 Å². The van der Waals surface area contributed by atoms with Gasteiger partial charge in [-0.15, -0.1) is 0 Å². The molecule has 2 aromatic carbocycles. The molecule has 1 aliphatic rings. The van der Waals surface area contributed by atoms with Crippen molar-refractivity contribution in [3.05, 3.63) is 59.7 Å². The van der Waals surface area contributed by atoms with Gasteiger partial charge in [-0.2, -0.15) is 0 Å². The molecule has 2 N–H and O–H groups in total. The number of para-hydroxylation sites is 1. The fourth-order valence-electron chi connectivity index (χ4n) is 3.35. The van der Waals surface area contributed by atoms with Crippen molar-refractivity contribution < 1.29 is 19.1 Å². The molecule has 1 fully saturated rings. The van der Waals surface area contributed by atoms with Crippen molar-refractivity contribution in [2.75, 3.05) is 27.3 Å².